The molecule has 5 unspecified atom stereocenters. The number of methoxy groups -OCH3 is 2. The van der Waals surface area contributed by atoms with Gasteiger partial charge in [-0.05, 0) is 0 Å². The Bertz CT molecular complexity index is 2260. The number of fused-ring (bicyclic) bond motifs is 2. The molecule has 2 aliphatic rings. The average Bonchev–Trinajstić information content (AvgIpc) is 3.84. The summed E-state index contributed by atoms with van der Waals surface area (Å²) in [5, 5.41) is 21.5. The van der Waals surface area contributed by atoms with Crippen LogP contribution in [0.15, 0.2) is 23.8 Å². The molecule has 25 nitrogen and oxygen atoms in total. The Morgan fingerprint density at radius 2 is 1.73 bits per heavy atom. The highest BCUT2D eigenvalue weighted by Crippen LogP contribution is 2.61. The van der Waals surface area contributed by atoms with Gasteiger partial charge in [0.15, 0.2) is 24.0 Å². The van der Waals surface area contributed by atoms with Gasteiger partial charge in [-0.25, -0.2) is 19.5 Å². The second-order valence-electron chi connectivity index (χ2n) is 12.7. The minimum absolute atomic E-state index is 0.0744. The number of aromatic nitrogens is 8. The lowest BCUT2D eigenvalue weighted by Gasteiger charge is -2.38. The number of hydrogen-bond donors (Lipinski definition) is 4. The molecule has 0 amide bonds. The van der Waals surface area contributed by atoms with E-state index in [1.54, 1.807) is 14.1 Å². The molecule has 0 radical (unpaired) electrons. The van der Waals surface area contributed by atoms with Crippen LogP contribution in [0.4, 0.5) is 11.8 Å². The zero-order valence-electron chi connectivity index (χ0n) is 29.6. The van der Waals surface area contributed by atoms with Crippen LogP contribution in [-0.4, -0.2) is 128 Å². The first-order valence-electron chi connectivity index (χ1n) is 16.0. The molecule has 6 heterocycles. The predicted molar refractivity (Wildman–Crippen MR) is 184 cm³/mol. The summed E-state index contributed by atoms with van der Waals surface area (Å²) in [6, 6.07) is 0. The number of nitrogens with two attached hydrogens (primary N) is 1. The topological polar surface area (TPSA) is 336 Å². The van der Waals surface area contributed by atoms with Gasteiger partial charge in [-0.3, -0.25) is 23.2 Å². The summed E-state index contributed by atoms with van der Waals surface area (Å²) in [6.45, 7) is -6.56. The number of hydrogen-bond acceptors (Lipinski definition) is 22. The standard InChI is InChI=1S/C26H39N10O15P3S/c1-33(2)26-31-22-15(23(39)32-26)34(3)10-36(22)24-17(38)16(37)12(49-24)6-47-52(40,41)11-53(42,43)51-54(44,55)48-7-13-18(45-4)19(46-5)25(50-13)35-9-30-14-20(27)28-8-29-21(14)35/h8-10,12-13,16-19,24-25,37-38H,6-7,11H2,1-5H3,(H5-,27,28,29,31,32,39,40,41,42,43,44,55)/p-2/t12-,13-,16+,17?,18?,19+,24-,25-,54?/m1/s1. The third-order valence-electron chi connectivity index (χ3n) is 8.69. The van der Waals surface area contributed by atoms with Gasteiger partial charge in [0.05, 0.1) is 32.5 Å². The van der Waals surface area contributed by atoms with Crippen molar-refractivity contribution in [3.05, 3.63) is 29.3 Å². The molecule has 4 aromatic rings. The molecule has 29 heteroatoms. The van der Waals surface area contributed by atoms with E-state index < -0.39 is 95.7 Å². The van der Waals surface area contributed by atoms with Crippen LogP contribution in [0.3, 0.4) is 0 Å². The van der Waals surface area contributed by atoms with E-state index in [9.17, 15) is 38.8 Å². The summed E-state index contributed by atoms with van der Waals surface area (Å²) in [6.07, 6.45) is -6.03. The molecular formula is C26H37N10O15P3S-2. The van der Waals surface area contributed by atoms with E-state index in [1.807, 2.05) is 0 Å². The van der Waals surface area contributed by atoms with E-state index in [4.69, 9.17) is 45.5 Å². The maximum atomic E-state index is 13.0. The molecular weight excluding hydrogens is 817 g/mol. The molecule has 304 valence electrons. The van der Waals surface area contributed by atoms with Gasteiger partial charge in [0.1, 0.15) is 70.4 Å². The van der Waals surface area contributed by atoms with Crippen LogP contribution in [0, 0.1) is 0 Å². The lowest BCUT2D eigenvalue weighted by atomic mass is 10.1. The number of aryl methyl sites for hydroxylation is 1. The van der Waals surface area contributed by atoms with Crippen molar-refractivity contribution in [1.82, 2.24) is 34.1 Å². The minimum Gasteiger partial charge on any atom is -0.779 e. The summed E-state index contributed by atoms with van der Waals surface area (Å²) in [4.78, 5) is 72.0. The number of anilines is 2. The second kappa shape index (κ2) is 15.8. The Labute approximate surface area is 315 Å². The summed E-state index contributed by atoms with van der Waals surface area (Å²) < 4.78 is 67.1. The number of H-pyrrole nitrogens is 1. The highest BCUT2D eigenvalue weighted by Gasteiger charge is 2.49. The van der Waals surface area contributed by atoms with Gasteiger partial charge in [0, 0.05) is 28.3 Å². The van der Waals surface area contributed by atoms with Gasteiger partial charge in [-0.2, -0.15) is 0 Å². The van der Waals surface area contributed by atoms with Gasteiger partial charge in [0.2, 0.25) is 11.7 Å². The predicted octanol–water partition coefficient (Wildman–Crippen LogP) is -3.72. The van der Waals surface area contributed by atoms with Crippen molar-refractivity contribution >= 4 is 67.8 Å². The van der Waals surface area contributed by atoms with Crippen LogP contribution in [0.5, 0.6) is 0 Å². The number of nitrogens with one attached hydrogen (secondary N) is 1. The monoisotopic (exact) mass is 854 g/mol. The van der Waals surface area contributed by atoms with Crippen LogP contribution >= 0.6 is 21.9 Å². The number of nitrogen functional groups attached to an aromatic ring is 1. The van der Waals surface area contributed by atoms with Crippen molar-refractivity contribution in [2.24, 2.45) is 7.05 Å². The fourth-order valence-corrected chi connectivity index (χ4v) is 12.1. The SMILES string of the molecule is COC1[C@@H](COP([O-])(=S)OP(=O)([O-])CP(=O)([O-])OC[C@H]2O[C@@H]([n+]3cn(C)c4c(=O)[nH]c(N(C)C)nc43)C(O)[C@H]2O)O[C@@H](n2cnc3c(N)ncnc32)[C@H]1OC. The van der Waals surface area contributed by atoms with Gasteiger partial charge in [-0.1, -0.05) is 16.8 Å². The zero-order chi connectivity index (χ0) is 40.2. The summed E-state index contributed by atoms with van der Waals surface area (Å²) in [7, 11) is -3.46. The molecule has 0 saturated carbocycles. The molecule has 0 aliphatic carbocycles. The van der Waals surface area contributed by atoms with Crippen molar-refractivity contribution < 1.29 is 70.9 Å². The van der Waals surface area contributed by atoms with Crippen molar-refractivity contribution in [2.45, 2.75) is 49.1 Å². The number of imidazole rings is 2. The van der Waals surface area contributed by atoms with E-state index in [1.165, 1.54) is 58.9 Å². The lowest BCUT2D eigenvalue weighted by molar-refractivity contribution is -0.745. The quantitative estimate of drug-likeness (QED) is 0.0660. The van der Waals surface area contributed by atoms with Crippen LogP contribution in [0.25, 0.3) is 22.3 Å². The van der Waals surface area contributed by atoms with Gasteiger partial charge in [0.25, 0.3) is 11.5 Å². The van der Waals surface area contributed by atoms with E-state index in [0.717, 1.165) is 0 Å². The van der Waals surface area contributed by atoms with Crippen molar-refractivity contribution in [3.63, 3.8) is 0 Å². The first kappa shape index (κ1) is 41.8. The molecule has 5 N–H and O–H groups in total. The number of aliphatic hydroxyl groups is 2. The maximum absolute atomic E-state index is 13.0. The summed E-state index contributed by atoms with van der Waals surface area (Å²) >= 11 is 4.76. The Hall–Kier alpha value is -2.87. The molecule has 2 saturated heterocycles. The average molecular weight is 855 g/mol. The first-order chi connectivity index (χ1) is 25.8. The number of rotatable bonds is 15. The molecule has 2 fully saturated rings. The molecule has 55 heavy (non-hydrogen) atoms. The van der Waals surface area contributed by atoms with E-state index in [-0.39, 0.29) is 28.4 Å². The Kier molecular flexibility index (Phi) is 12.0. The fourth-order valence-electron chi connectivity index (χ4n) is 6.20. The third-order valence-corrected chi connectivity index (χ3v) is 15.2. The zero-order valence-corrected chi connectivity index (χ0v) is 33.1. The first-order valence-corrected chi connectivity index (χ1v) is 22.0. The highest BCUT2D eigenvalue weighted by molar-refractivity contribution is 8.08. The van der Waals surface area contributed by atoms with Crippen molar-refractivity contribution in [3.8, 4) is 0 Å². The minimum atomic E-state index is -5.59. The largest absolute Gasteiger partial charge is 0.779 e. The molecule has 0 spiro atoms. The van der Waals surface area contributed by atoms with Crippen molar-refractivity contribution in [1.29, 1.82) is 0 Å². The molecule has 4 aromatic heterocycles. The molecule has 0 bridgehead atoms. The molecule has 11 atom stereocenters. The van der Waals surface area contributed by atoms with Crippen LogP contribution in [-0.2, 0) is 60.3 Å². The lowest BCUT2D eigenvalue weighted by Crippen LogP contribution is -2.46. The Morgan fingerprint density at radius 3 is 2.40 bits per heavy atom. The number of ether oxygens (including phenoxy) is 4. The van der Waals surface area contributed by atoms with Crippen LogP contribution < -0.4 is 35.4 Å². The second-order valence-corrected chi connectivity index (χ2v) is 19.6. The van der Waals surface area contributed by atoms with Gasteiger partial charge < -0.3 is 72.7 Å². The Morgan fingerprint density at radius 1 is 1.04 bits per heavy atom. The Balaban J connectivity index is 1.07. The van der Waals surface area contributed by atoms with E-state index >= 15 is 0 Å². The fraction of sp³-hybridized carbons (Fsp3) is 0.615. The normalized spacial score (nSPS) is 29.1. The smallest absolute Gasteiger partial charge is 0.313 e. The third kappa shape index (κ3) is 8.55. The van der Waals surface area contributed by atoms with Gasteiger partial charge >= 0.3 is 5.65 Å². The van der Waals surface area contributed by atoms with E-state index in [2.05, 4.69) is 29.2 Å². The molecule has 0 aromatic carbocycles. The maximum Gasteiger partial charge on any atom is 0.313 e. The number of nitrogens with zero attached hydrogens (tertiary/aromatic N) is 8. The number of aromatic amines is 1. The molecule has 2 aliphatic heterocycles. The van der Waals surface area contributed by atoms with Crippen LogP contribution in [0.2, 0.25) is 0 Å². The van der Waals surface area contributed by atoms with Crippen LogP contribution in [0.1, 0.15) is 12.5 Å². The number of aliphatic hydroxyl groups excluding tert-OH is 2. The summed E-state index contributed by atoms with van der Waals surface area (Å²) in [5.74, 6) is -1.52. The van der Waals surface area contributed by atoms with Gasteiger partial charge in [-0.15, -0.1) is 0 Å². The molecule has 6 rings (SSSR count). The van der Waals surface area contributed by atoms with Crippen molar-refractivity contribution in [2.75, 3.05) is 58.1 Å². The van der Waals surface area contributed by atoms with E-state index in [0.29, 0.717) is 5.65 Å². The summed E-state index contributed by atoms with van der Waals surface area (Å²) in [5.41, 5.74) is 6.14. The highest BCUT2D eigenvalue weighted by atomic mass is 32.5.